The van der Waals surface area contributed by atoms with Gasteiger partial charge in [0, 0.05) is 45.0 Å². The van der Waals surface area contributed by atoms with Gasteiger partial charge in [-0.15, -0.1) is 0 Å². The molecule has 9 nitrogen and oxygen atoms in total. The number of anilines is 1. The molecule has 1 atom stereocenters. The van der Waals surface area contributed by atoms with Gasteiger partial charge in [0.1, 0.15) is 16.8 Å². The van der Waals surface area contributed by atoms with Gasteiger partial charge in [0.2, 0.25) is 5.43 Å². The first-order valence-corrected chi connectivity index (χ1v) is 12.8. The number of benzene rings is 2. The first-order chi connectivity index (χ1) is 18.0. The van der Waals surface area contributed by atoms with Gasteiger partial charge >= 0.3 is 0 Å². The van der Waals surface area contributed by atoms with Gasteiger partial charge in [0.25, 0.3) is 5.91 Å². The largest absolute Gasteiger partial charge is 0.451 e. The number of aromatic nitrogens is 1. The predicted molar refractivity (Wildman–Crippen MR) is 139 cm³/mol. The van der Waals surface area contributed by atoms with Crippen molar-refractivity contribution in [2.45, 2.75) is 18.9 Å². The molecule has 2 aromatic carbocycles. The summed E-state index contributed by atoms with van der Waals surface area (Å²) < 4.78 is 28.9. The number of carbonyl (C=O) groups excluding carboxylic acids is 1. The van der Waals surface area contributed by atoms with Crippen molar-refractivity contribution in [3.63, 3.8) is 0 Å². The highest BCUT2D eigenvalue weighted by Crippen LogP contribution is 2.46. The number of nitrogens with zero attached hydrogens (tertiary/aromatic N) is 3. The fourth-order valence-electron chi connectivity index (χ4n) is 5.43. The third-order valence-corrected chi connectivity index (χ3v) is 7.33. The normalized spacial score (nSPS) is 19.1. The lowest BCUT2D eigenvalue weighted by molar-refractivity contribution is 0.0374. The van der Waals surface area contributed by atoms with Crippen molar-refractivity contribution in [3.8, 4) is 17.2 Å². The van der Waals surface area contributed by atoms with Crippen LogP contribution < -0.4 is 26.1 Å². The van der Waals surface area contributed by atoms with Gasteiger partial charge in [-0.25, -0.2) is 4.39 Å². The zero-order chi connectivity index (χ0) is 25.5. The standard InChI is InChI=1S/C27H30FN5O4/c28-20-14-18-23-26(24(20)32-9-6-17(29)15-32)37-22-5-2-1-4-21(22)33(23)16-19(25(18)34)27(35)30-7-3-8-31-10-12-36-13-11-31/h1-2,4-5,14,16-17H,3,6-13,15,29H2,(H,30,35). The maximum Gasteiger partial charge on any atom is 0.256 e. The van der Waals surface area contributed by atoms with Crippen LogP contribution in [0.3, 0.4) is 0 Å². The number of nitrogens with one attached hydrogen (secondary N) is 1. The van der Waals surface area contributed by atoms with E-state index in [2.05, 4.69) is 10.2 Å². The molecule has 0 bridgehead atoms. The minimum absolute atomic E-state index is 0.0307. The van der Waals surface area contributed by atoms with Gasteiger partial charge in [-0.3, -0.25) is 14.5 Å². The molecule has 6 rings (SSSR count). The van der Waals surface area contributed by atoms with Gasteiger partial charge in [0.15, 0.2) is 17.3 Å². The van der Waals surface area contributed by atoms with E-state index in [0.717, 1.165) is 45.7 Å². The molecule has 2 saturated heterocycles. The molecule has 10 heteroatoms. The molecule has 1 aromatic heterocycles. The molecule has 1 unspecified atom stereocenters. The Hall–Kier alpha value is -3.47. The van der Waals surface area contributed by atoms with Crippen LogP contribution >= 0.6 is 0 Å². The Morgan fingerprint density at radius 3 is 2.78 bits per heavy atom. The minimum atomic E-state index is -0.567. The lowest BCUT2D eigenvalue weighted by Gasteiger charge is -2.29. The molecule has 1 amide bonds. The molecule has 0 saturated carbocycles. The van der Waals surface area contributed by atoms with Crippen LogP contribution in [-0.4, -0.2) is 73.9 Å². The van der Waals surface area contributed by atoms with Crippen molar-refractivity contribution in [1.82, 2.24) is 14.8 Å². The van der Waals surface area contributed by atoms with Gasteiger partial charge in [-0.05, 0) is 37.6 Å². The maximum absolute atomic E-state index is 15.6. The summed E-state index contributed by atoms with van der Waals surface area (Å²) in [6.45, 7) is 5.56. The van der Waals surface area contributed by atoms with Crippen LogP contribution in [0.2, 0.25) is 0 Å². The lowest BCUT2D eigenvalue weighted by Crippen LogP contribution is -2.38. The number of amides is 1. The van der Waals surface area contributed by atoms with Crippen LogP contribution in [0.5, 0.6) is 11.5 Å². The number of morpholine rings is 1. The van der Waals surface area contributed by atoms with E-state index < -0.39 is 17.2 Å². The highest BCUT2D eigenvalue weighted by Gasteiger charge is 2.32. The Morgan fingerprint density at radius 2 is 2.00 bits per heavy atom. The lowest BCUT2D eigenvalue weighted by atomic mass is 10.1. The molecule has 0 aliphatic carbocycles. The average molecular weight is 508 g/mol. The third kappa shape index (κ3) is 4.35. The Morgan fingerprint density at radius 1 is 1.19 bits per heavy atom. The third-order valence-electron chi connectivity index (χ3n) is 7.33. The summed E-state index contributed by atoms with van der Waals surface area (Å²) >= 11 is 0. The smallest absolute Gasteiger partial charge is 0.256 e. The Kier molecular flexibility index (Phi) is 6.31. The number of halogens is 1. The molecule has 0 spiro atoms. The fraction of sp³-hybridized carbons (Fsp3) is 0.407. The van der Waals surface area contributed by atoms with Gasteiger partial charge < -0.3 is 30.0 Å². The highest BCUT2D eigenvalue weighted by atomic mass is 19.1. The number of pyridine rings is 1. The molecule has 3 aromatic rings. The molecule has 194 valence electrons. The van der Waals surface area contributed by atoms with Crippen LogP contribution in [0.4, 0.5) is 10.1 Å². The zero-order valence-electron chi connectivity index (χ0n) is 20.5. The van der Waals surface area contributed by atoms with Crippen LogP contribution in [0, 0.1) is 5.82 Å². The topological polar surface area (TPSA) is 102 Å². The minimum Gasteiger partial charge on any atom is -0.451 e. The van der Waals surface area contributed by atoms with Gasteiger partial charge in [0.05, 0.1) is 24.3 Å². The van der Waals surface area contributed by atoms with Crippen LogP contribution in [0.25, 0.3) is 16.6 Å². The molecule has 3 aliphatic rings. The van der Waals surface area contributed by atoms with E-state index in [4.69, 9.17) is 15.2 Å². The number of para-hydroxylation sites is 2. The number of fused-ring (bicyclic) bond motifs is 2. The number of nitrogens with two attached hydrogens (primary N) is 1. The van der Waals surface area contributed by atoms with E-state index in [0.29, 0.717) is 42.3 Å². The molecular weight excluding hydrogens is 477 g/mol. The maximum atomic E-state index is 15.6. The molecule has 0 radical (unpaired) electrons. The fourth-order valence-corrected chi connectivity index (χ4v) is 5.43. The summed E-state index contributed by atoms with van der Waals surface area (Å²) in [5.41, 5.74) is 6.96. The molecule has 2 fully saturated rings. The summed E-state index contributed by atoms with van der Waals surface area (Å²) in [5.74, 6) is -0.245. The number of ether oxygens (including phenoxy) is 2. The number of hydrogen-bond acceptors (Lipinski definition) is 7. The second kappa shape index (κ2) is 9.77. The van der Waals surface area contributed by atoms with Crippen molar-refractivity contribution < 1.29 is 18.7 Å². The van der Waals surface area contributed by atoms with Crippen molar-refractivity contribution in [2.75, 3.05) is 57.4 Å². The van der Waals surface area contributed by atoms with E-state index in [-0.39, 0.29) is 22.7 Å². The Balaban J connectivity index is 1.37. The first kappa shape index (κ1) is 23.9. The van der Waals surface area contributed by atoms with Crippen molar-refractivity contribution >= 4 is 22.5 Å². The van der Waals surface area contributed by atoms with Crippen LogP contribution in [0.1, 0.15) is 23.2 Å². The Labute approximate surface area is 213 Å². The number of rotatable bonds is 6. The molecule has 4 heterocycles. The monoisotopic (exact) mass is 507 g/mol. The van der Waals surface area contributed by atoms with Crippen LogP contribution in [-0.2, 0) is 4.74 Å². The van der Waals surface area contributed by atoms with Crippen LogP contribution in [0.15, 0.2) is 41.3 Å². The van der Waals surface area contributed by atoms with Crippen molar-refractivity contribution in [1.29, 1.82) is 0 Å². The van der Waals surface area contributed by atoms with E-state index in [1.165, 1.54) is 6.07 Å². The zero-order valence-corrected chi connectivity index (χ0v) is 20.5. The highest BCUT2D eigenvalue weighted by molar-refractivity contribution is 6.01. The second-order valence-electron chi connectivity index (χ2n) is 9.80. The molecule has 3 N–H and O–H groups in total. The SMILES string of the molecule is NC1CCN(c2c(F)cc3c(=O)c(C(=O)NCCCN4CCOCC4)cn4c3c2Oc2ccccc2-4)C1. The van der Waals surface area contributed by atoms with E-state index in [1.54, 1.807) is 16.8 Å². The van der Waals surface area contributed by atoms with E-state index >= 15 is 4.39 Å². The summed E-state index contributed by atoms with van der Waals surface area (Å²) in [4.78, 5) is 30.8. The summed E-state index contributed by atoms with van der Waals surface area (Å²) in [7, 11) is 0. The predicted octanol–water partition coefficient (Wildman–Crippen LogP) is 2.22. The second-order valence-corrected chi connectivity index (χ2v) is 9.80. The van der Waals surface area contributed by atoms with Crippen molar-refractivity contribution in [2.24, 2.45) is 5.73 Å². The molecular formula is C27H30FN5O4. The van der Waals surface area contributed by atoms with Gasteiger partial charge in [-0.1, -0.05) is 12.1 Å². The van der Waals surface area contributed by atoms with Gasteiger partial charge in [-0.2, -0.15) is 0 Å². The first-order valence-electron chi connectivity index (χ1n) is 12.8. The number of carbonyl (C=O) groups is 1. The quantitative estimate of drug-likeness (QED) is 0.386. The summed E-state index contributed by atoms with van der Waals surface area (Å²) in [6.07, 6.45) is 3.04. The summed E-state index contributed by atoms with van der Waals surface area (Å²) in [5, 5.41) is 2.98. The number of hydrogen-bond donors (Lipinski definition) is 2. The van der Waals surface area contributed by atoms with Crippen molar-refractivity contribution in [3.05, 3.63) is 58.1 Å². The van der Waals surface area contributed by atoms with E-state index in [1.807, 2.05) is 23.1 Å². The average Bonchev–Trinajstić information content (AvgIpc) is 3.34. The molecule has 37 heavy (non-hydrogen) atoms. The van der Waals surface area contributed by atoms with E-state index in [9.17, 15) is 9.59 Å². The summed E-state index contributed by atoms with van der Waals surface area (Å²) in [6, 6.07) is 8.49. The molecule has 3 aliphatic heterocycles. The Bertz CT molecular complexity index is 1420.